The lowest BCUT2D eigenvalue weighted by Gasteiger charge is -2.35. The van der Waals surface area contributed by atoms with E-state index >= 15 is 0 Å². The SMILES string of the molecule is CCC1CCCCN1C(=O)CS(=O)(=O)CC(=O)N=c1sc2ccccc2n1CCOC. The summed E-state index contributed by atoms with van der Waals surface area (Å²) in [6.07, 6.45) is 3.62. The zero-order valence-corrected chi connectivity index (χ0v) is 19.6. The molecule has 0 radical (unpaired) electrons. The molecule has 1 saturated heterocycles. The quantitative estimate of drug-likeness (QED) is 0.591. The van der Waals surface area contributed by atoms with Gasteiger partial charge in [0.05, 0.1) is 16.8 Å². The number of thiazole rings is 1. The lowest BCUT2D eigenvalue weighted by Crippen LogP contribution is -2.46. The smallest absolute Gasteiger partial charge is 0.263 e. The van der Waals surface area contributed by atoms with Gasteiger partial charge < -0.3 is 14.2 Å². The van der Waals surface area contributed by atoms with Crippen molar-refractivity contribution >= 4 is 43.2 Å². The molecule has 10 heteroatoms. The molecule has 31 heavy (non-hydrogen) atoms. The van der Waals surface area contributed by atoms with E-state index < -0.39 is 33.2 Å². The molecule has 0 bridgehead atoms. The van der Waals surface area contributed by atoms with E-state index in [2.05, 4.69) is 4.99 Å². The normalized spacial score (nSPS) is 17.9. The Morgan fingerprint density at radius 2 is 2.00 bits per heavy atom. The molecule has 0 N–H and O–H groups in total. The fraction of sp³-hybridized carbons (Fsp3) is 0.571. The van der Waals surface area contributed by atoms with E-state index in [0.717, 1.165) is 35.9 Å². The largest absolute Gasteiger partial charge is 0.383 e. The fourth-order valence-electron chi connectivity index (χ4n) is 3.91. The van der Waals surface area contributed by atoms with E-state index in [1.807, 2.05) is 35.8 Å². The van der Waals surface area contributed by atoms with Crippen molar-refractivity contribution in [1.29, 1.82) is 0 Å². The van der Waals surface area contributed by atoms with E-state index in [-0.39, 0.29) is 6.04 Å². The Bertz CT molecular complexity index is 1100. The van der Waals surface area contributed by atoms with Gasteiger partial charge in [-0.15, -0.1) is 0 Å². The van der Waals surface area contributed by atoms with Gasteiger partial charge in [-0.25, -0.2) is 8.42 Å². The van der Waals surface area contributed by atoms with Crippen LogP contribution >= 0.6 is 11.3 Å². The zero-order valence-electron chi connectivity index (χ0n) is 18.0. The summed E-state index contributed by atoms with van der Waals surface area (Å²) in [6.45, 7) is 3.50. The third kappa shape index (κ3) is 6.02. The van der Waals surface area contributed by atoms with Crippen LogP contribution in [0.15, 0.2) is 29.3 Å². The molecular formula is C21H29N3O5S2. The highest BCUT2D eigenvalue weighted by Crippen LogP contribution is 2.20. The van der Waals surface area contributed by atoms with Gasteiger partial charge in [0, 0.05) is 26.2 Å². The summed E-state index contributed by atoms with van der Waals surface area (Å²) < 4.78 is 33.0. The first-order chi connectivity index (χ1) is 14.8. The summed E-state index contributed by atoms with van der Waals surface area (Å²) in [5, 5.41) is 0. The van der Waals surface area contributed by atoms with Crippen molar-refractivity contribution in [3.05, 3.63) is 29.1 Å². The first-order valence-electron chi connectivity index (χ1n) is 10.5. The van der Waals surface area contributed by atoms with Crippen molar-refractivity contribution in [2.24, 2.45) is 4.99 Å². The molecule has 2 amide bonds. The molecule has 1 unspecified atom stereocenters. The third-order valence-electron chi connectivity index (χ3n) is 5.43. The topological polar surface area (TPSA) is 98.0 Å². The number of amides is 2. The number of rotatable bonds is 8. The maximum absolute atomic E-state index is 12.6. The molecule has 1 aromatic heterocycles. The number of piperidine rings is 1. The summed E-state index contributed by atoms with van der Waals surface area (Å²) in [7, 11) is -2.32. The standard InChI is InChI=1S/C21H29N3O5S2/c1-3-16-8-6-7-11-23(16)20(26)15-31(27,28)14-19(25)22-21-24(12-13-29-2)17-9-4-5-10-18(17)30-21/h4-5,9-10,16H,3,6-8,11-15H2,1-2H3. The van der Waals surface area contributed by atoms with Crippen LogP contribution in [-0.4, -0.2) is 67.5 Å². The molecule has 170 valence electrons. The second kappa shape index (κ2) is 10.5. The predicted molar refractivity (Wildman–Crippen MR) is 121 cm³/mol. The molecule has 1 aliphatic rings. The minimum Gasteiger partial charge on any atom is -0.383 e. The molecule has 2 heterocycles. The molecule has 1 fully saturated rings. The number of benzene rings is 1. The number of carbonyl (C=O) groups is 2. The molecule has 1 aliphatic heterocycles. The van der Waals surface area contributed by atoms with E-state index in [0.29, 0.717) is 24.5 Å². The van der Waals surface area contributed by atoms with Gasteiger partial charge in [0.15, 0.2) is 14.6 Å². The maximum Gasteiger partial charge on any atom is 0.263 e. The number of hydrogen-bond donors (Lipinski definition) is 0. The highest BCUT2D eigenvalue weighted by molar-refractivity contribution is 7.92. The highest BCUT2D eigenvalue weighted by atomic mass is 32.2. The van der Waals surface area contributed by atoms with Gasteiger partial charge in [0.25, 0.3) is 5.91 Å². The predicted octanol–water partition coefficient (Wildman–Crippen LogP) is 1.98. The second-order valence-electron chi connectivity index (χ2n) is 7.68. The second-order valence-corrected chi connectivity index (χ2v) is 10.8. The van der Waals surface area contributed by atoms with Crippen molar-refractivity contribution < 1.29 is 22.7 Å². The van der Waals surface area contributed by atoms with Gasteiger partial charge >= 0.3 is 0 Å². The third-order valence-corrected chi connectivity index (χ3v) is 7.87. The Balaban J connectivity index is 1.76. The first-order valence-corrected chi connectivity index (χ1v) is 13.1. The van der Waals surface area contributed by atoms with E-state index in [9.17, 15) is 18.0 Å². The Hall–Kier alpha value is -2.04. The molecule has 0 spiro atoms. The van der Waals surface area contributed by atoms with E-state index in [4.69, 9.17) is 4.74 Å². The monoisotopic (exact) mass is 467 g/mol. The van der Waals surface area contributed by atoms with Crippen LogP contribution in [0.1, 0.15) is 32.6 Å². The first kappa shape index (κ1) is 23.6. The summed E-state index contributed by atoms with van der Waals surface area (Å²) >= 11 is 1.32. The van der Waals surface area contributed by atoms with Crippen LogP contribution < -0.4 is 4.80 Å². The summed E-state index contributed by atoms with van der Waals surface area (Å²) in [4.78, 5) is 31.3. The fourth-order valence-corrected chi connectivity index (χ4v) is 6.07. The number of nitrogens with zero attached hydrogens (tertiary/aromatic N) is 3. The van der Waals surface area contributed by atoms with Crippen molar-refractivity contribution in [2.75, 3.05) is 31.8 Å². The maximum atomic E-state index is 12.6. The Kier molecular flexibility index (Phi) is 8.01. The molecule has 1 aromatic carbocycles. The molecule has 0 aliphatic carbocycles. The Labute approximate surface area is 186 Å². The van der Waals surface area contributed by atoms with Gasteiger partial charge in [0.1, 0.15) is 11.5 Å². The van der Waals surface area contributed by atoms with Crippen LogP contribution in [-0.2, 0) is 30.7 Å². The van der Waals surface area contributed by atoms with Crippen LogP contribution in [0.25, 0.3) is 10.2 Å². The number of likely N-dealkylation sites (tertiary alicyclic amines) is 1. The van der Waals surface area contributed by atoms with Crippen LogP contribution in [0.4, 0.5) is 0 Å². The highest BCUT2D eigenvalue weighted by Gasteiger charge is 2.29. The molecule has 0 saturated carbocycles. The van der Waals surface area contributed by atoms with Crippen molar-refractivity contribution in [1.82, 2.24) is 9.47 Å². The van der Waals surface area contributed by atoms with Crippen LogP contribution in [0, 0.1) is 0 Å². The number of para-hydroxylation sites is 1. The number of ether oxygens (including phenoxy) is 1. The minimum absolute atomic E-state index is 0.0788. The summed E-state index contributed by atoms with van der Waals surface area (Å²) in [5.74, 6) is -2.62. The molecule has 2 aromatic rings. The summed E-state index contributed by atoms with van der Waals surface area (Å²) in [5.41, 5.74) is 0.907. The molecule has 3 rings (SSSR count). The molecule has 8 nitrogen and oxygen atoms in total. The van der Waals surface area contributed by atoms with Gasteiger partial charge in [-0.3, -0.25) is 9.59 Å². The van der Waals surface area contributed by atoms with E-state index in [1.54, 1.807) is 12.0 Å². The Morgan fingerprint density at radius 1 is 1.23 bits per heavy atom. The number of carbonyl (C=O) groups excluding carboxylic acids is 2. The number of sulfone groups is 1. The van der Waals surface area contributed by atoms with Gasteiger partial charge in [-0.05, 0) is 37.8 Å². The van der Waals surface area contributed by atoms with Gasteiger partial charge in [-0.2, -0.15) is 4.99 Å². The van der Waals surface area contributed by atoms with Crippen LogP contribution in [0.2, 0.25) is 0 Å². The van der Waals surface area contributed by atoms with Gasteiger partial charge in [0.2, 0.25) is 5.91 Å². The molecule has 1 atom stereocenters. The number of hydrogen-bond acceptors (Lipinski definition) is 6. The van der Waals surface area contributed by atoms with Crippen LogP contribution in [0.3, 0.4) is 0 Å². The van der Waals surface area contributed by atoms with Crippen molar-refractivity contribution in [3.8, 4) is 0 Å². The molecular weight excluding hydrogens is 438 g/mol. The van der Waals surface area contributed by atoms with Crippen molar-refractivity contribution in [3.63, 3.8) is 0 Å². The van der Waals surface area contributed by atoms with E-state index in [1.165, 1.54) is 11.3 Å². The number of fused-ring (bicyclic) bond motifs is 1. The lowest BCUT2D eigenvalue weighted by molar-refractivity contribution is -0.132. The summed E-state index contributed by atoms with van der Waals surface area (Å²) in [6, 6.07) is 7.71. The lowest BCUT2D eigenvalue weighted by atomic mass is 10.0. The number of methoxy groups -OCH3 is 1. The van der Waals surface area contributed by atoms with Gasteiger partial charge in [-0.1, -0.05) is 30.4 Å². The average molecular weight is 468 g/mol. The van der Waals surface area contributed by atoms with Crippen molar-refractivity contribution in [2.45, 2.75) is 45.2 Å². The minimum atomic E-state index is -3.90. The Morgan fingerprint density at radius 3 is 2.74 bits per heavy atom. The zero-order chi connectivity index (χ0) is 22.4. The average Bonchev–Trinajstić information content (AvgIpc) is 3.07. The van der Waals surface area contributed by atoms with Crippen LogP contribution in [0.5, 0.6) is 0 Å². The number of aromatic nitrogens is 1.